The summed E-state index contributed by atoms with van der Waals surface area (Å²) in [5.74, 6) is -0.669. The summed E-state index contributed by atoms with van der Waals surface area (Å²) in [4.78, 5) is 26.7. The zero-order valence-electron chi connectivity index (χ0n) is 27.0. The quantitative estimate of drug-likeness (QED) is 0.163. The smallest absolute Gasteiger partial charge is 0.338 e. The molecule has 0 fully saturated rings. The molecule has 1 N–H and O–H groups in total. The van der Waals surface area contributed by atoms with Crippen LogP contribution in [-0.4, -0.2) is 40.6 Å². The van der Waals surface area contributed by atoms with E-state index in [9.17, 15) is 23.3 Å². The highest BCUT2D eigenvalue weighted by Gasteiger charge is 2.33. The van der Waals surface area contributed by atoms with Gasteiger partial charge >= 0.3 is 5.97 Å². The van der Waals surface area contributed by atoms with Gasteiger partial charge in [0.1, 0.15) is 16.8 Å². The first kappa shape index (κ1) is 34.2. The molecule has 246 valence electrons. The zero-order valence-corrected chi connectivity index (χ0v) is 28.7. The number of fused-ring (bicyclic) bond motifs is 1. The molecule has 1 heterocycles. The molecule has 9 nitrogen and oxygen atoms in total. The van der Waals surface area contributed by atoms with Crippen LogP contribution in [0.5, 0.6) is 5.75 Å². The van der Waals surface area contributed by atoms with Gasteiger partial charge in [-0.15, -0.1) is 11.3 Å². The number of carbonyl (C=O) groups excluding carboxylic acids is 2. The lowest BCUT2D eigenvalue weighted by atomic mass is 9.77. The molecular formula is C37H35N3O6S2. The number of hydrogen-bond acceptors (Lipinski definition) is 8. The Bertz CT molecular complexity index is 2040. The Balaban J connectivity index is 1.27. The lowest BCUT2D eigenvalue weighted by Crippen LogP contribution is -2.26. The van der Waals surface area contributed by atoms with Gasteiger partial charge in [0.05, 0.1) is 28.3 Å². The molecule has 1 amide bonds. The van der Waals surface area contributed by atoms with Gasteiger partial charge in [0, 0.05) is 22.9 Å². The molecule has 0 radical (unpaired) electrons. The molecule has 0 spiro atoms. The first-order valence-corrected chi connectivity index (χ1v) is 17.5. The number of nitrogens with one attached hydrogen (secondary N) is 1. The second-order valence-electron chi connectivity index (χ2n) is 11.7. The van der Waals surface area contributed by atoms with Gasteiger partial charge in [0.25, 0.3) is 15.9 Å². The highest BCUT2D eigenvalue weighted by molar-refractivity contribution is 7.92. The van der Waals surface area contributed by atoms with Gasteiger partial charge in [0.15, 0.2) is 6.61 Å². The number of allylic oxidation sites excluding steroid dienone is 2. The SMILES string of the molecule is CCOc1ccc(C=CC2=Cc3c(sc(NC(=O)COC(=O)c4cccc(S(=O)(=O)N(C)c5ccccc5)c4)c3C#N)C(C)(C)C2)cc1. The normalized spacial score (nSPS) is 13.6. The minimum Gasteiger partial charge on any atom is -0.494 e. The Morgan fingerprint density at radius 1 is 1.04 bits per heavy atom. The van der Waals surface area contributed by atoms with E-state index in [0.717, 1.165) is 38.1 Å². The van der Waals surface area contributed by atoms with E-state index in [4.69, 9.17) is 9.47 Å². The molecular weight excluding hydrogens is 647 g/mol. The van der Waals surface area contributed by atoms with Crippen LogP contribution >= 0.6 is 11.3 Å². The lowest BCUT2D eigenvalue weighted by Gasteiger charge is -2.29. The first-order valence-electron chi connectivity index (χ1n) is 15.2. The van der Waals surface area contributed by atoms with Crippen LogP contribution in [0.1, 0.15) is 59.1 Å². The van der Waals surface area contributed by atoms with Crippen molar-refractivity contribution in [3.63, 3.8) is 0 Å². The molecule has 0 saturated heterocycles. The van der Waals surface area contributed by atoms with Crippen LogP contribution in [0.25, 0.3) is 12.2 Å². The van der Waals surface area contributed by atoms with Gasteiger partial charge in [-0.3, -0.25) is 9.10 Å². The summed E-state index contributed by atoms with van der Waals surface area (Å²) in [5.41, 5.74) is 3.31. The number of hydrogen-bond donors (Lipinski definition) is 1. The standard InChI is InChI=1S/C37H35N3O6S2/c1-5-45-29-18-16-25(17-19-29)14-15-26-20-31-32(23-38)35(47-34(31)37(2,3)22-26)39-33(41)24-46-36(42)27-10-9-13-30(21-27)48(43,44)40(4)28-11-7-6-8-12-28/h6-21H,5,22,24H2,1-4H3,(H,39,41). The summed E-state index contributed by atoms with van der Waals surface area (Å²) in [6.07, 6.45) is 6.77. The molecule has 1 aliphatic carbocycles. The van der Waals surface area contributed by atoms with Gasteiger partial charge in [-0.1, -0.05) is 62.4 Å². The summed E-state index contributed by atoms with van der Waals surface area (Å²) in [6.45, 7) is 6.12. The van der Waals surface area contributed by atoms with Crippen molar-refractivity contribution in [1.29, 1.82) is 5.26 Å². The summed E-state index contributed by atoms with van der Waals surface area (Å²) in [5, 5.41) is 13.2. The first-order chi connectivity index (χ1) is 22.9. The second-order valence-corrected chi connectivity index (χ2v) is 14.7. The highest BCUT2D eigenvalue weighted by atomic mass is 32.2. The van der Waals surface area contributed by atoms with Crippen LogP contribution in [0.15, 0.2) is 95.4 Å². The maximum atomic E-state index is 13.2. The van der Waals surface area contributed by atoms with E-state index in [1.165, 1.54) is 42.6 Å². The lowest BCUT2D eigenvalue weighted by molar-refractivity contribution is -0.119. The van der Waals surface area contributed by atoms with Gasteiger partial charge < -0.3 is 14.8 Å². The van der Waals surface area contributed by atoms with Crippen LogP contribution in [0.4, 0.5) is 10.7 Å². The van der Waals surface area contributed by atoms with Crippen molar-refractivity contribution in [2.75, 3.05) is 29.9 Å². The van der Waals surface area contributed by atoms with Crippen molar-refractivity contribution in [3.8, 4) is 11.8 Å². The minimum absolute atomic E-state index is 0.0210. The third kappa shape index (κ3) is 7.51. The van der Waals surface area contributed by atoms with Gasteiger partial charge in [-0.25, -0.2) is 13.2 Å². The van der Waals surface area contributed by atoms with Crippen molar-refractivity contribution in [3.05, 3.63) is 118 Å². The van der Waals surface area contributed by atoms with E-state index in [1.54, 1.807) is 30.3 Å². The van der Waals surface area contributed by atoms with Gasteiger partial charge in [-0.05, 0) is 73.0 Å². The second kappa shape index (κ2) is 14.3. The van der Waals surface area contributed by atoms with Crippen molar-refractivity contribution in [1.82, 2.24) is 0 Å². The predicted molar refractivity (Wildman–Crippen MR) is 189 cm³/mol. The fraction of sp³-hybridized carbons (Fsp3) is 0.216. The fourth-order valence-corrected chi connectivity index (χ4v) is 7.85. The number of nitriles is 1. The van der Waals surface area contributed by atoms with E-state index in [-0.39, 0.29) is 15.9 Å². The maximum Gasteiger partial charge on any atom is 0.338 e. The summed E-state index contributed by atoms with van der Waals surface area (Å²) >= 11 is 1.33. The molecule has 48 heavy (non-hydrogen) atoms. The topological polar surface area (TPSA) is 126 Å². The molecule has 4 aromatic rings. The summed E-state index contributed by atoms with van der Waals surface area (Å²) < 4.78 is 38.3. The number of rotatable bonds is 11. The van der Waals surface area contributed by atoms with E-state index >= 15 is 0 Å². The average molecular weight is 682 g/mol. The van der Waals surface area contributed by atoms with Crippen molar-refractivity contribution >= 4 is 56.1 Å². The van der Waals surface area contributed by atoms with E-state index in [1.807, 2.05) is 49.4 Å². The molecule has 0 unspecified atom stereocenters. The van der Waals surface area contributed by atoms with Gasteiger partial charge in [-0.2, -0.15) is 5.26 Å². The van der Waals surface area contributed by atoms with Crippen LogP contribution < -0.4 is 14.4 Å². The van der Waals surface area contributed by atoms with Crippen LogP contribution in [0, 0.1) is 11.3 Å². The highest BCUT2D eigenvalue weighted by Crippen LogP contribution is 2.47. The van der Waals surface area contributed by atoms with Crippen molar-refractivity contribution in [2.45, 2.75) is 37.5 Å². The largest absolute Gasteiger partial charge is 0.494 e. The number of thiophene rings is 1. The monoisotopic (exact) mass is 681 g/mol. The van der Waals surface area contributed by atoms with E-state index in [0.29, 0.717) is 22.9 Å². The minimum atomic E-state index is -3.96. The van der Waals surface area contributed by atoms with Crippen molar-refractivity contribution < 1.29 is 27.5 Å². The third-order valence-corrected chi connectivity index (χ3v) is 11.0. The Hall–Kier alpha value is -5.18. The van der Waals surface area contributed by atoms with Crippen LogP contribution in [0.3, 0.4) is 0 Å². The van der Waals surface area contributed by atoms with Crippen molar-refractivity contribution in [2.24, 2.45) is 0 Å². The summed E-state index contributed by atoms with van der Waals surface area (Å²) in [7, 11) is -2.53. The number of amides is 1. The van der Waals surface area contributed by atoms with E-state index in [2.05, 4.69) is 25.2 Å². The molecule has 1 aliphatic rings. The number of para-hydroxylation sites is 1. The van der Waals surface area contributed by atoms with Crippen LogP contribution in [0.2, 0.25) is 0 Å². The molecule has 0 atom stereocenters. The Morgan fingerprint density at radius 2 is 1.77 bits per heavy atom. The molecule has 5 rings (SSSR count). The molecule has 0 bridgehead atoms. The molecule has 11 heteroatoms. The number of sulfonamides is 1. The Kier molecular flexibility index (Phi) is 10.2. The average Bonchev–Trinajstić information content (AvgIpc) is 3.44. The molecule has 0 saturated carbocycles. The maximum absolute atomic E-state index is 13.2. The molecule has 1 aromatic heterocycles. The number of esters is 1. The predicted octanol–water partition coefficient (Wildman–Crippen LogP) is 7.42. The number of anilines is 2. The van der Waals surface area contributed by atoms with E-state index < -0.39 is 28.5 Å². The number of benzene rings is 3. The number of nitrogens with zero attached hydrogens (tertiary/aromatic N) is 2. The molecule has 3 aromatic carbocycles. The zero-order chi connectivity index (χ0) is 34.5. The fourth-order valence-electron chi connectivity index (χ4n) is 5.36. The molecule has 0 aliphatic heterocycles. The van der Waals surface area contributed by atoms with Gasteiger partial charge in [0.2, 0.25) is 0 Å². The third-order valence-electron chi connectivity index (χ3n) is 7.76. The number of ether oxygens (including phenoxy) is 2. The van der Waals surface area contributed by atoms with Crippen LogP contribution in [-0.2, 0) is 25.0 Å². The summed E-state index contributed by atoms with van der Waals surface area (Å²) in [6, 6.07) is 24.1. The number of carbonyl (C=O) groups is 2. The Labute approximate surface area is 284 Å². The Morgan fingerprint density at radius 3 is 2.46 bits per heavy atom.